The summed E-state index contributed by atoms with van der Waals surface area (Å²) in [6.07, 6.45) is 7.74. The SMILES string of the molecule is O=C(NC1c2ccccc2CCC1CO)C1CC=CC1. The number of allylic oxidation sites excluding steroid dienone is 2. The van der Waals surface area contributed by atoms with Gasteiger partial charge < -0.3 is 10.4 Å². The van der Waals surface area contributed by atoms with Gasteiger partial charge in [0.2, 0.25) is 5.91 Å². The van der Waals surface area contributed by atoms with Gasteiger partial charge in [0.25, 0.3) is 0 Å². The van der Waals surface area contributed by atoms with Crippen LogP contribution in [0.1, 0.15) is 36.4 Å². The van der Waals surface area contributed by atoms with Crippen LogP contribution in [0.4, 0.5) is 0 Å². The second-order valence-electron chi connectivity index (χ2n) is 5.81. The topological polar surface area (TPSA) is 49.3 Å². The highest BCUT2D eigenvalue weighted by molar-refractivity contribution is 5.80. The van der Waals surface area contributed by atoms with Crippen molar-refractivity contribution in [3.63, 3.8) is 0 Å². The molecule has 2 atom stereocenters. The van der Waals surface area contributed by atoms with Gasteiger partial charge in [0.15, 0.2) is 0 Å². The lowest BCUT2D eigenvalue weighted by molar-refractivity contribution is -0.126. The fourth-order valence-corrected chi connectivity index (χ4v) is 3.32. The molecule has 1 aromatic carbocycles. The first-order valence-electron chi connectivity index (χ1n) is 7.43. The maximum absolute atomic E-state index is 12.4. The van der Waals surface area contributed by atoms with Crippen molar-refractivity contribution >= 4 is 5.91 Å². The molecule has 20 heavy (non-hydrogen) atoms. The largest absolute Gasteiger partial charge is 0.396 e. The summed E-state index contributed by atoms with van der Waals surface area (Å²) in [4.78, 5) is 12.4. The van der Waals surface area contributed by atoms with Crippen molar-refractivity contribution in [1.82, 2.24) is 5.32 Å². The number of hydrogen-bond donors (Lipinski definition) is 2. The maximum atomic E-state index is 12.4. The van der Waals surface area contributed by atoms with Gasteiger partial charge >= 0.3 is 0 Å². The quantitative estimate of drug-likeness (QED) is 0.829. The van der Waals surface area contributed by atoms with E-state index in [0.29, 0.717) is 0 Å². The lowest BCUT2D eigenvalue weighted by Gasteiger charge is -2.33. The number of benzene rings is 1. The molecular formula is C17H21NO2. The molecule has 0 bridgehead atoms. The van der Waals surface area contributed by atoms with Crippen LogP contribution in [0.5, 0.6) is 0 Å². The van der Waals surface area contributed by atoms with E-state index in [2.05, 4.69) is 29.6 Å². The molecule has 3 nitrogen and oxygen atoms in total. The van der Waals surface area contributed by atoms with Gasteiger partial charge in [0, 0.05) is 18.4 Å². The molecule has 2 unspecified atom stereocenters. The smallest absolute Gasteiger partial charge is 0.224 e. The van der Waals surface area contributed by atoms with Gasteiger partial charge in [-0.15, -0.1) is 0 Å². The van der Waals surface area contributed by atoms with Crippen LogP contribution in [0, 0.1) is 11.8 Å². The predicted molar refractivity (Wildman–Crippen MR) is 78.1 cm³/mol. The zero-order valence-corrected chi connectivity index (χ0v) is 11.6. The van der Waals surface area contributed by atoms with Crippen molar-refractivity contribution < 1.29 is 9.90 Å². The molecule has 1 amide bonds. The Kier molecular flexibility index (Phi) is 3.88. The van der Waals surface area contributed by atoms with Crippen LogP contribution in [0.25, 0.3) is 0 Å². The summed E-state index contributed by atoms with van der Waals surface area (Å²) in [6, 6.07) is 8.21. The molecule has 2 aliphatic rings. The minimum absolute atomic E-state index is 0.0435. The van der Waals surface area contributed by atoms with Gasteiger partial charge in [-0.05, 0) is 36.8 Å². The van der Waals surface area contributed by atoms with Crippen molar-refractivity contribution in [2.24, 2.45) is 11.8 Å². The Balaban J connectivity index is 1.80. The van der Waals surface area contributed by atoms with E-state index in [1.165, 1.54) is 11.1 Å². The van der Waals surface area contributed by atoms with Gasteiger partial charge in [-0.3, -0.25) is 4.79 Å². The van der Waals surface area contributed by atoms with Crippen molar-refractivity contribution in [3.05, 3.63) is 47.5 Å². The summed E-state index contributed by atoms with van der Waals surface area (Å²) < 4.78 is 0. The summed E-state index contributed by atoms with van der Waals surface area (Å²) in [5.41, 5.74) is 2.48. The monoisotopic (exact) mass is 271 g/mol. The van der Waals surface area contributed by atoms with Crippen LogP contribution < -0.4 is 5.32 Å². The Morgan fingerprint density at radius 2 is 2.00 bits per heavy atom. The van der Waals surface area contributed by atoms with Crippen LogP contribution in [-0.2, 0) is 11.2 Å². The molecule has 0 spiro atoms. The second kappa shape index (κ2) is 5.80. The number of nitrogens with one attached hydrogen (secondary N) is 1. The van der Waals surface area contributed by atoms with Crippen molar-refractivity contribution in [1.29, 1.82) is 0 Å². The number of fused-ring (bicyclic) bond motifs is 1. The van der Waals surface area contributed by atoms with Crippen LogP contribution in [0.3, 0.4) is 0 Å². The van der Waals surface area contributed by atoms with Crippen LogP contribution in [0.15, 0.2) is 36.4 Å². The average molecular weight is 271 g/mol. The molecule has 106 valence electrons. The van der Waals surface area contributed by atoms with Gasteiger partial charge in [-0.2, -0.15) is 0 Å². The highest BCUT2D eigenvalue weighted by atomic mass is 16.3. The lowest BCUT2D eigenvalue weighted by atomic mass is 9.80. The highest BCUT2D eigenvalue weighted by Gasteiger charge is 2.31. The molecule has 0 saturated carbocycles. The molecule has 0 fully saturated rings. The normalized spacial score (nSPS) is 25.4. The number of hydrogen-bond acceptors (Lipinski definition) is 2. The number of carbonyl (C=O) groups is 1. The molecule has 0 aliphatic heterocycles. The molecule has 3 heteroatoms. The maximum Gasteiger partial charge on any atom is 0.224 e. The zero-order valence-electron chi connectivity index (χ0n) is 11.6. The van der Waals surface area contributed by atoms with Gasteiger partial charge in [-0.1, -0.05) is 36.4 Å². The molecule has 0 saturated heterocycles. The number of aliphatic hydroxyl groups excluding tert-OH is 1. The molecule has 2 aliphatic carbocycles. The predicted octanol–water partition coefficient (Wildman–Crippen LogP) is 2.36. The van der Waals surface area contributed by atoms with Crippen molar-refractivity contribution in [2.75, 3.05) is 6.61 Å². The van der Waals surface area contributed by atoms with Crippen LogP contribution >= 0.6 is 0 Å². The summed E-state index contributed by atoms with van der Waals surface area (Å²) in [6.45, 7) is 0.127. The van der Waals surface area contributed by atoms with E-state index in [-0.39, 0.29) is 30.4 Å². The van der Waals surface area contributed by atoms with Gasteiger partial charge in [0.05, 0.1) is 6.04 Å². The zero-order chi connectivity index (χ0) is 13.9. The molecule has 2 N–H and O–H groups in total. The minimum Gasteiger partial charge on any atom is -0.396 e. The average Bonchev–Trinajstić information content (AvgIpc) is 3.02. The van der Waals surface area contributed by atoms with E-state index in [1.807, 2.05) is 12.1 Å². The number of amides is 1. The van der Waals surface area contributed by atoms with E-state index < -0.39 is 0 Å². The number of carbonyl (C=O) groups excluding carboxylic acids is 1. The number of aliphatic hydroxyl groups is 1. The third-order valence-corrected chi connectivity index (χ3v) is 4.56. The molecule has 3 rings (SSSR count). The van der Waals surface area contributed by atoms with Crippen molar-refractivity contribution in [2.45, 2.75) is 31.7 Å². The Bertz CT molecular complexity index is 515. The van der Waals surface area contributed by atoms with E-state index in [4.69, 9.17) is 0 Å². The first-order chi connectivity index (χ1) is 9.79. The van der Waals surface area contributed by atoms with E-state index in [0.717, 1.165) is 25.7 Å². The van der Waals surface area contributed by atoms with Gasteiger partial charge in [0.1, 0.15) is 0 Å². The summed E-state index contributed by atoms with van der Waals surface area (Å²) in [5, 5.41) is 12.8. The Hall–Kier alpha value is -1.61. The fourth-order valence-electron chi connectivity index (χ4n) is 3.32. The lowest BCUT2D eigenvalue weighted by Crippen LogP contribution is -2.40. The Labute approximate surface area is 119 Å². The summed E-state index contributed by atoms with van der Waals surface area (Å²) in [5.74, 6) is 0.321. The summed E-state index contributed by atoms with van der Waals surface area (Å²) in [7, 11) is 0. The molecule has 0 heterocycles. The highest BCUT2D eigenvalue weighted by Crippen LogP contribution is 2.34. The van der Waals surface area contributed by atoms with Crippen LogP contribution in [-0.4, -0.2) is 17.6 Å². The third kappa shape index (κ3) is 2.50. The standard InChI is InChI=1S/C17H21NO2/c19-11-14-10-9-12-5-3-4-8-15(12)16(14)18-17(20)13-6-1-2-7-13/h1-5,8,13-14,16,19H,6-7,9-11H2,(H,18,20). The first-order valence-corrected chi connectivity index (χ1v) is 7.43. The minimum atomic E-state index is -0.0435. The Morgan fingerprint density at radius 3 is 2.75 bits per heavy atom. The van der Waals surface area contributed by atoms with E-state index in [1.54, 1.807) is 0 Å². The molecule has 1 aromatic rings. The third-order valence-electron chi connectivity index (χ3n) is 4.56. The second-order valence-corrected chi connectivity index (χ2v) is 5.81. The molecular weight excluding hydrogens is 250 g/mol. The van der Waals surface area contributed by atoms with Gasteiger partial charge in [-0.25, -0.2) is 0 Å². The van der Waals surface area contributed by atoms with E-state index in [9.17, 15) is 9.90 Å². The first kappa shape index (κ1) is 13.4. The number of rotatable bonds is 3. The molecule has 0 radical (unpaired) electrons. The van der Waals surface area contributed by atoms with E-state index >= 15 is 0 Å². The number of aryl methyl sites for hydroxylation is 1. The Morgan fingerprint density at radius 1 is 1.25 bits per heavy atom. The van der Waals surface area contributed by atoms with Crippen LogP contribution in [0.2, 0.25) is 0 Å². The van der Waals surface area contributed by atoms with Crippen molar-refractivity contribution in [3.8, 4) is 0 Å². The fraction of sp³-hybridized carbons (Fsp3) is 0.471. The molecule has 0 aromatic heterocycles. The summed E-state index contributed by atoms with van der Waals surface area (Å²) >= 11 is 0.